The molecule has 0 saturated carbocycles. The molecule has 3 heterocycles. The zero-order chi connectivity index (χ0) is 19.1. The van der Waals surface area contributed by atoms with Gasteiger partial charge in [-0.05, 0) is 11.6 Å². The lowest BCUT2D eigenvalue weighted by atomic mass is 9.99. The van der Waals surface area contributed by atoms with Gasteiger partial charge in [0.05, 0.1) is 23.9 Å². The first kappa shape index (κ1) is 16.2. The quantitative estimate of drug-likeness (QED) is 0.540. The van der Waals surface area contributed by atoms with Crippen LogP contribution in [0.4, 0.5) is 0 Å². The Labute approximate surface area is 159 Å². The van der Waals surface area contributed by atoms with Crippen molar-refractivity contribution in [3.05, 3.63) is 83.8 Å². The van der Waals surface area contributed by atoms with E-state index in [1.807, 2.05) is 54.6 Å². The van der Waals surface area contributed by atoms with Crippen LogP contribution < -0.4 is 5.32 Å². The summed E-state index contributed by atoms with van der Waals surface area (Å²) in [5.74, 6) is -0.889. The Bertz CT molecular complexity index is 1250. The number of hydrogen-bond acceptors (Lipinski definition) is 4. The van der Waals surface area contributed by atoms with Gasteiger partial charge in [0.25, 0.3) is 11.8 Å². The Morgan fingerprint density at radius 1 is 0.893 bits per heavy atom. The SMILES string of the molecule is O=C1NC(=O)C(c2c[nH]c3ccccc23)=C1c1cn(Cc2ccccc2)nn1. The van der Waals surface area contributed by atoms with Gasteiger partial charge in [-0.25, -0.2) is 4.68 Å². The first-order valence-corrected chi connectivity index (χ1v) is 8.81. The zero-order valence-electron chi connectivity index (χ0n) is 14.7. The highest BCUT2D eigenvalue weighted by Crippen LogP contribution is 2.34. The molecule has 0 radical (unpaired) electrons. The van der Waals surface area contributed by atoms with Crippen LogP contribution in [0.1, 0.15) is 16.8 Å². The minimum absolute atomic E-state index is 0.245. The van der Waals surface area contributed by atoms with Crippen LogP contribution in [-0.2, 0) is 16.1 Å². The molecule has 7 heteroatoms. The van der Waals surface area contributed by atoms with Crippen molar-refractivity contribution in [2.75, 3.05) is 0 Å². The molecule has 4 aromatic rings. The van der Waals surface area contributed by atoms with E-state index < -0.39 is 11.8 Å². The fourth-order valence-corrected chi connectivity index (χ4v) is 3.50. The van der Waals surface area contributed by atoms with Crippen LogP contribution in [0.25, 0.3) is 22.0 Å². The van der Waals surface area contributed by atoms with Crippen LogP contribution in [0.15, 0.2) is 67.0 Å². The van der Waals surface area contributed by atoms with E-state index in [2.05, 4.69) is 20.6 Å². The normalized spacial score (nSPS) is 14.1. The molecule has 0 saturated heterocycles. The zero-order valence-corrected chi connectivity index (χ0v) is 14.7. The third kappa shape index (κ3) is 2.61. The third-order valence-corrected chi connectivity index (χ3v) is 4.77. The number of amides is 2. The topological polar surface area (TPSA) is 92.7 Å². The Hall–Kier alpha value is -4.00. The summed E-state index contributed by atoms with van der Waals surface area (Å²) in [7, 11) is 0. The van der Waals surface area contributed by atoms with Gasteiger partial charge in [-0.15, -0.1) is 5.10 Å². The molecule has 0 aliphatic carbocycles. The van der Waals surface area contributed by atoms with Gasteiger partial charge < -0.3 is 4.98 Å². The molecule has 0 spiro atoms. The van der Waals surface area contributed by atoms with E-state index in [1.165, 1.54) is 0 Å². The third-order valence-electron chi connectivity index (χ3n) is 4.77. The van der Waals surface area contributed by atoms with Crippen LogP contribution in [0.5, 0.6) is 0 Å². The fraction of sp³-hybridized carbons (Fsp3) is 0.0476. The van der Waals surface area contributed by atoms with E-state index in [-0.39, 0.29) is 5.57 Å². The summed E-state index contributed by atoms with van der Waals surface area (Å²) in [6.45, 7) is 0.527. The highest BCUT2D eigenvalue weighted by Gasteiger charge is 2.34. The van der Waals surface area contributed by atoms with Crippen LogP contribution in [0, 0.1) is 0 Å². The Morgan fingerprint density at radius 2 is 1.64 bits per heavy atom. The number of H-pyrrole nitrogens is 1. The van der Waals surface area contributed by atoms with Gasteiger partial charge in [0.2, 0.25) is 0 Å². The largest absolute Gasteiger partial charge is 0.361 e. The van der Waals surface area contributed by atoms with E-state index in [9.17, 15) is 9.59 Å². The number of hydrogen-bond donors (Lipinski definition) is 2. The Morgan fingerprint density at radius 3 is 2.50 bits per heavy atom. The predicted molar refractivity (Wildman–Crippen MR) is 104 cm³/mol. The molecular weight excluding hydrogens is 354 g/mol. The number of carbonyl (C=O) groups is 2. The van der Waals surface area contributed by atoms with Crippen molar-refractivity contribution in [2.24, 2.45) is 0 Å². The van der Waals surface area contributed by atoms with Crippen molar-refractivity contribution in [1.29, 1.82) is 0 Å². The number of rotatable bonds is 4. The van der Waals surface area contributed by atoms with Crippen LogP contribution in [-0.4, -0.2) is 31.8 Å². The van der Waals surface area contributed by atoms with Crippen molar-refractivity contribution in [1.82, 2.24) is 25.3 Å². The summed E-state index contributed by atoms with van der Waals surface area (Å²) in [4.78, 5) is 28.2. The first-order chi connectivity index (χ1) is 13.7. The highest BCUT2D eigenvalue weighted by molar-refractivity contribution is 6.49. The maximum Gasteiger partial charge on any atom is 0.261 e. The number of aromatic amines is 1. The number of aromatic nitrogens is 4. The molecule has 5 rings (SSSR count). The molecule has 0 atom stereocenters. The van der Waals surface area contributed by atoms with Crippen molar-refractivity contribution in [2.45, 2.75) is 6.54 Å². The number of nitrogens with zero attached hydrogens (tertiary/aromatic N) is 3. The van der Waals surface area contributed by atoms with E-state index in [0.717, 1.165) is 16.5 Å². The minimum Gasteiger partial charge on any atom is -0.361 e. The van der Waals surface area contributed by atoms with E-state index in [0.29, 0.717) is 23.4 Å². The van der Waals surface area contributed by atoms with Gasteiger partial charge in [-0.3, -0.25) is 14.9 Å². The summed E-state index contributed by atoms with van der Waals surface area (Å²) in [5, 5.41) is 11.5. The molecule has 2 N–H and O–H groups in total. The molecule has 2 amide bonds. The van der Waals surface area contributed by atoms with Gasteiger partial charge >= 0.3 is 0 Å². The predicted octanol–water partition coefficient (Wildman–Crippen LogP) is 2.37. The standard InChI is InChI=1S/C21H15N5O2/c27-20-18(15-10-22-16-9-5-4-8-14(15)16)19(21(28)23-20)17-12-26(25-24-17)11-13-6-2-1-3-7-13/h1-10,12,22H,11H2,(H,23,27,28). The van der Waals surface area contributed by atoms with Crippen LogP contribution in [0.3, 0.4) is 0 Å². The average Bonchev–Trinajstić information content (AvgIpc) is 3.39. The second-order valence-electron chi connectivity index (χ2n) is 6.57. The highest BCUT2D eigenvalue weighted by atomic mass is 16.2. The van der Waals surface area contributed by atoms with Crippen molar-refractivity contribution >= 4 is 33.9 Å². The number of fused-ring (bicyclic) bond motifs is 1. The summed E-state index contributed by atoms with van der Waals surface area (Å²) in [6, 6.07) is 17.5. The maximum atomic E-state index is 12.5. The number of para-hydroxylation sites is 1. The van der Waals surface area contributed by atoms with Gasteiger partial charge in [0.1, 0.15) is 5.69 Å². The molecule has 136 valence electrons. The maximum absolute atomic E-state index is 12.5. The molecular formula is C21H15N5O2. The lowest BCUT2D eigenvalue weighted by Crippen LogP contribution is -2.22. The molecule has 2 aromatic heterocycles. The number of carbonyl (C=O) groups excluding carboxylic acids is 2. The molecule has 28 heavy (non-hydrogen) atoms. The van der Waals surface area contributed by atoms with Gasteiger partial charge in [0, 0.05) is 22.7 Å². The van der Waals surface area contributed by atoms with E-state index in [1.54, 1.807) is 17.1 Å². The smallest absolute Gasteiger partial charge is 0.261 e. The summed E-state index contributed by atoms with van der Waals surface area (Å²) < 4.78 is 1.65. The van der Waals surface area contributed by atoms with Gasteiger partial charge in [-0.2, -0.15) is 0 Å². The number of benzene rings is 2. The van der Waals surface area contributed by atoms with Crippen molar-refractivity contribution in [3.8, 4) is 0 Å². The van der Waals surface area contributed by atoms with Gasteiger partial charge in [-0.1, -0.05) is 53.7 Å². The molecule has 0 unspecified atom stereocenters. The molecule has 2 aromatic carbocycles. The minimum atomic E-state index is -0.461. The van der Waals surface area contributed by atoms with Crippen molar-refractivity contribution in [3.63, 3.8) is 0 Å². The number of nitrogens with one attached hydrogen (secondary N) is 2. The van der Waals surface area contributed by atoms with Crippen LogP contribution >= 0.6 is 0 Å². The molecule has 0 bridgehead atoms. The average molecular weight is 369 g/mol. The Kier molecular flexibility index (Phi) is 3.65. The van der Waals surface area contributed by atoms with E-state index in [4.69, 9.17) is 0 Å². The molecule has 1 aliphatic rings. The lowest BCUT2D eigenvalue weighted by Gasteiger charge is -2.01. The molecule has 0 fully saturated rings. The summed E-state index contributed by atoms with van der Waals surface area (Å²) >= 11 is 0. The van der Waals surface area contributed by atoms with Crippen LogP contribution in [0.2, 0.25) is 0 Å². The van der Waals surface area contributed by atoms with Gasteiger partial charge in [0.15, 0.2) is 0 Å². The lowest BCUT2D eigenvalue weighted by molar-refractivity contribution is -0.122. The van der Waals surface area contributed by atoms with E-state index >= 15 is 0 Å². The second kappa shape index (κ2) is 6.31. The second-order valence-corrected chi connectivity index (χ2v) is 6.57. The number of imide groups is 1. The molecule has 7 nitrogen and oxygen atoms in total. The molecule has 1 aliphatic heterocycles. The summed E-state index contributed by atoms with van der Waals surface area (Å²) in [5.41, 5.74) is 3.57. The summed E-state index contributed by atoms with van der Waals surface area (Å²) in [6.07, 6.45) is 3.43. The monoisotopic (exact) mass is 369 g/mol. The van der Waals surface area contributed by atoms with Crippen molar-refractivity contribution < 1.29 is 9.59 Å². The fourth-order valence-electron chi connectivity index (χ4n) is 3.50. The Balaban J connectivity index is 1.60. The first-order valence-electron chi connectivity index (χ1n) is 8.81.